The summed E-state index contributed by atoms with van der Waals surface area (Å²) >= 11 is 0. The monoisotopic (exact) mass is 732 g/mol. The fourth-order valence-corrected chi connectivity index (χ4v) is 4.16. The average Bonchev–Trinajstić information content (AvgIpc) is 3.10. The molecule has 0 unspecified atom stereocenters. The Balaban J connectivity index is 0.00000702. The van der Waals surface area contributed by atoms with Crippen molar-refractivity contribution in [1.29, 1.82) is 0 Å². The minimum atomic E-state index is -0.801. The number of carbonyl (C=O) groups excluding carboxylic acids is 2. The Morgan fingerprint density at radius 2 is 0.882 bits per heavy atom. The number of ether oxygens (including phenoxy) is 2. The molecule has 0 spiro atoms. The van der Waals surface area contributed by atoms with E-state index < -0.39 is 23.0 Å². The van der Waals surface area contributed by atoms with Crippen molar-refractivity contribution in [2.45, 2.75) is 52.6 Å². The first-order valence-corrected chi connectivity index (χ1v) is 15.9. The van der Waals surface area contributed by atoms with Crippen molar-refractivity contribution in [2.75, 3.05) is 13.2 Å². The maximum atomic E-state index is 12.6. The van der Waals surface area contributed by atoms with Crippen LogP contribution < -0.4 is 10.2 Å². The van der Waals surface area contributed by atoms with Gasteiger partial charge in [0.05, 0.1) is 58.2 Å². The maximum absolute atomic E-state index is 12.6. The van der Waals surface area contributed by atoms with Gasteiger partial charge in [-0.05, 0) is 125 Å². The third kappa shape index (κ3) is 11.0. The molecule has 0 saturated carbocycles. The first-order valence-electron chi connectivity index (χ1n) is 15.9. The first-order chi connectivity index (χ1) is 23.8. The Kier molecular flexibility index (Phi) is 14.0. The molecule has 0 aliphatic heterocycles. The van der Waals surface area contributed by atoms with E-state index in [0.717, 1.165) is 0 Å². The minimum absolute atomic E-state index is 0. The van der Waals surface area contributed by atoms with E-state index in [1.165, 1.54) is 24.6 Å². The average molecular weight is 733 g/mol. The second kappa shape index (κ2) is 17.9. The molecular weight excluding hydrogens is 695 g/mol. The van der Waals surface area contributed by atoms with Crippen LogP contribution in [0.15, 0.2) is 115 Å². The van der Waals surface area contributed by atoms with Crippen molar-refractivity contribution in [3.05, 3.63) is 107 Å². The van der Waals surface area contributed by atoms with Crippen LogP contribution >= 0.6 is 0 Å². The molecule has 0 aromatic heterocycles. The van der Waals surface area contributed by atoms with Gasteiger partial charge in [-0.25, -0.2) is 9.59 Å². The molecule has 0 bridgehead atoms. The maximum Gasteiger partial charge on any atom is 2.00 e. The van der Waals surface area contributed by atoms with E-state index in [9.17, 15) is 19.8 Å². The fraction of sp³-hybridized carbons (Fsp3) is 0.263. The molecule has 0 aliphatic carbocycles. The molecule has 0 aliphatic rings. The van der Waals surface area contributed by atoms with Gasteiger partial charge in [0.1, 0.15) is 0 Å². The van der Waals surface area contributed by atoms with E-state index in [1.54, 1.807) is 86.6 Å². The number of hydrogen-bond donors (Lipinski definition) is 0. The molecule has 0 saturated heterocycles. The predicted octanol–water partition coefficient (Wildman–Crippen LogP) is 8.11. The molecule has 0 heterocycles. The normalized spacial score (nSPS) is 12.1. The van der Waals surface area contributed by atoms with Gasteiger partial charge < -0.3 is 19.7 Å². The van der Waals surface area contributed by atoms with Crippen LogP contribution in [0.1, 0.15) is 73.4 Å². The van der Waals surface area contributed by atoms with Crippen molar-refractivity contribution >= 4 is 47.1 Å². The Morgan fingerprint density at radius 3 is 1.22 bits per heavy atom. The number of benzene rings is 4. The van der Waals surface area contributed by atoms with Gasteiger partial charge in [-0.2, -0.15) is 20.5 Å². The van der Waals surface area contributed by atoms with E-state index >= 15 is 0 Å². The molecule has 0 N–H and O–H groups in total. The van der Waals surface area contributed by atoms with E-state index in [1.807, 2.05) is 27.7 Å². The Hall–Kier alpha value is -5.55. The second-order valence-corrected chi connectivity index (χ2v) is 12.0. The van der Waals surface area contributed by atoms with Crippen LogP contribution in [0.2, 0.25) is 0 Å². The van der Waals surface area contributed by atoms with E-state index in [2.05, 4.69) is 20.5 Å². The van der Waals surface area contributed by atoms with Gasteiger partial charge >= 0.3 is 28.4 Å². The van der Waals surface area contributed by atoms with Crippen LogP contribution in [0.4, 0.5) is 22.7 Å². The van der Waals surface area contributed by atoms with Crippen LogP contribution in [0.5, 0.6) is 11.5 Å². The number of rotatable bonds is 13. The van der Waals surface area contributed by atoms with E-state index in [-0.39, 0.29) is 41.2 Å². The van der Waals surface area contributed by atoms with Crippen molar-refractivity contribution in [3.63, 3.8) is 0 Å². The molecule has 4 aromatic carbocycles. The summed E-state index contributed by atoms with van der Waals surface area (Å²) in [6.45, 7) is 11.6. The minimum Gasteiger partial charge on any atom is -0.872 e. The molecule has 0 amide bonds. The number of hydrogen-bond acceptors (Lipinski definition) is 12. The summed E-state index contributed by atoms with van der Waals surface area (Å²) in [6, 6.07) is 22.1. The summed E-state index contributed by atoms with van der Waals surface area (Å²) in [7, 11) is 0. The first kappa shape index (κ1) is 39.9. The summed E-state index contributed by atoms with van der Waals surface area (Å²) in [4.78, 5) is 33.2. The van der Waals surface area contributed by atoms with E-state index in [0.29, 0.717) is 45.0 Å². The molecule has 12 nitrogen and oxygen atoms in total. The molecule has 13 heteroatoms. The summed E-state index contributed by atoms with van der Waals surface area (Å²) in [5.41, 5.74) is 1.81. The molecule has 0 fully saturated rings. The number of azo groups is 2. The van der Waals surface area contributed by atoms with Crippen molar-refractivity contribution < 1.29 is 45.8 Å². The molecule has 51 heavy (non-hydrogen) atoms. The Bertz CT molecular complexity index is 1800. The second-order valence-electron chi connectivity index (χ2n) is 12.0. The molecular formula is C38H38N6NiO6. The van der Waals surface area contributed by atoms with Crippen LogP contribution in [0.25, 0.3) is 0 Å². The summed E-state index contributed by atoms with van der Waals surface area (Å²) < 4.78 is 9.99. The SMILES string of the molecule is CCOC(=O)c1ccc(N=Nc2ccc([O-])c(C=NC(C)(C)C(C)(C)N=Cc3cc(N=Nc4ccc(C(=O)OCC)cc4)ccc3[O-])c2)cc1.[Ni+2]. The number of nitrogens with zero attached hydrogens (tertiary/aromatic N) is 6. The quantitative estimate of drug-likeness (QED) is 0.0581. The standard InChI is InChI=1S/C38H40N6O6.Ni/c1-7-49-35(47)25-9-13-29(14-10-25)41-43-31-17-19-33(45)27(21-31)23-39-37(3,4)38(5,6)40-24-28-22-32(18-20-34(28)46)44-42-30-15-11-26(12-16-30)36(48)50-8-2;/h9-24,45-46H,7-8H2,1-6H3;/q;+2/p-2. The van der Waals surface area contributed by atoms with Gasteiger partial charge in [0.2, 0.25) is 0 Å². The largest absolute Gasteiger partial charge is 2.00 e. The van der Waals surface area contributed by atoms with Gasteiger partial charge in [-0.15, -0.1) is 0 Å². The van der Waals surface area contributed by atoms with Gasteiger partial charge in [0.25, 0.3) is 0 Å². The van der Waals surface area contributed by atoms with Crippen molar-refractivity contribution in [2.24, 2.45) is 30.4 Å². The number of aliphatic imine (C=N–C) groups is 2. The zero-order chi connectivity index (χ0) is 36.3. The van der Waals surface area contributed by atoms with Crippen LogP contribution in [-0.2, 0) is 26.0 Å². The Labute approximate surface area is 307 Å². The van der Waals surface area contributed by atoms with Crippen molar-refractivity contribution in [3.8, 4) is 11.5 Å². The smallest absolute Gasteiger partial charge is 0.872 e. The van der Waals surface area contributed by atoms with Crippen molar-refractivity contribution in [1.82, 2.24) is 0 Å². The van der Waals surface area contributed by atoms with Gasteiger partial charge in [-0.1, -0.05) is 23.6 Å². The topological polar surface area (TPSA) is 173 Å². The van der Waals surface area contributed by atoms with Crippen LogP contribution in [0, 0.1) is 0 Å². The molecule has 0 atom stereocenters. The zero-order valence-electron chi connectivity index (χ0n) is 29.1. The molecule has 4 rings (SSSR count). The summed E-state index contributed by atoms with van der Waals surface area (Å²) in [5, 5.41) is 42.2. The number of esters is 2. The Morgan fingerprint density at radius 1 is 0.569 bits per heavy atom. The van der Waals surface area contributed by atoms with Crippen LogP contribution in [0.3, 0.4) is 0 Å². The predicted molar refractivity (Wildman–Crippen MR) is 188 cm³/mol. The number of carbonyl (C=O) groups is 2. The van der Waals surface area contributed by atoms with E-state index in [4.69, 9.17) is 19.5 Å². The molecule has 0 radical (unpaired) electrons. The molecule has 4 aromatic rings. The fourth-order valence-electron chi connectivity index (χ4n) is 4.16. The summed E-state index contributed by atoms with van der Waals surface area (Å²) in [6.07, 6.45) is 2.98. The third-order valence-electron chi connectivity index (χ3n) is 7.86. The van der Waals surface area contributed by atoms with Gasteiger partial charge in [0, 0.05) is 12.4 Å². The third-order valence-corrected chi connectivity index (χ3v) is 7.86. The van der Waals surface area contributed by atoms with Gasteiger partial charge in [-0.3, -0.25) is 9.98 Å². The van der Waals surface area contributed by atoms with Crippen LogP contribution in [-0.4, -0.2) is 48.7 Å². The zero-order valence-corrected chi connectivity index (χ0v) is 30.1. The van der Waals surface area contributed by atoms with Gasteiger partial charge in [0.15, 0.2) is 0 Å². The molecule has 266 valence electrons. The summed E-state index contributed by atoms with van der Waals surface area (Å²) in [5.74, 6) is -1.30.